The number of unbranched alkanes of at least 4 members (excludes halogenated alkanes) is 4. The molecule has 4 nitrogen and oxygen atoms in total. The van der Waals surface area contributed by atoms with Crippen molar-refractivity contribution in [3.8, 4) is 0 Å². The Morgan fingerprint density at radius 1 is 0.765 bits per heavy atom. The number of carboxylic acid groups (broad SMARTS) is 1. The lowest BCUT2D eigenvalue weighted by molar-refractivity contribution is -0.142. The van der Waals surface area contributed by atoms with Gasteiger partial charge in [-0.15, -0.1) is 6.58 Å². The van der Waals surface area contributed by atoms with E-state index in [-0.39, 0.29) is 5.91 Å². The zero-order valence-corrected chi connectivity index (χ0v) is 19.5. The first-order valence-corrected chi connectivity index (χ1v) is 11.9. The molecule has 0 aromatic heterocycles. The Morgan fingerprint density at radius 3 is 1.62 bits per heavy atom. The van der Waals surface area contributed by atoms with E-state index >= 15 is 0 Å². The summed E-state index contributed by atoms with van der Waals surface area (Å²) in [6.45, 7) is 3.74. The molecule has 0 spiro atoms. The van der Waals surface area contributed by atoms with E-state index in [9.17, 15) is 14.7 Å². The summed E-state index contributed by atoms with van der Waals surface area (Å²) in [4.78, 5) is 26.3. The van der Waals surface area contributed by atoms with Crippen LogP contribution in [-0.2, 0) is 15.0 Å². The van der Waals surface area contributed by atoms with Crippen LogP contribution in [0.5, 0.6) is 0 Å². The molecule has 3 aromatic rings. The van der Waals surface area contributed by atoms with Gasteiger partial charge >= 0.3 is 5.97 Å². The van der Waals surface area contributed by atoms with Crippen LogP contribution in [0.15, 0.2) is 104 Å². The topological polar surface area (TPSA) is 66.4 Å². The average Bonchev–Trinajstić information content (AvgIpc) is 2.88. The van der Waals surface area contributed by atoms with Gasteiger partial charge in [-0.1, -0.05) is 116 Å². The molecule has 0 radical (unpaired) electrons. The maximum absolute atomic E-state index is 14.2. The van der Waals surface area contributed by atoms with Crippen molar-refractivity contribution in [1.82, 2.24) is 5.32 Å². The van der Waals surface area contributed by atoms with Gasteiger partial charge < -0.3 is 10.4 Å². The normalized spacial score (nSPS) is 12.0. The van der Waals surface area contributed by atoms with Crippen LogP contribution in [-0.4, -0.2) is 23.0 Å². The Kier molecular flexibility index (Phi) is 9.21. The molecule has 0 fully saturated rings. The van der Waals surface area contributed by atoms with Crippen LogP contribution < -0.4 is 5.32 Å². The van der Waals surface area contributed by atoms with Crippen molar-refractivity contribution in [3.05, 3.63) is 120 Å². The smallest absolute Gasteiger partial charge is 0.326 e. The number of hydrogen-bond acceptors (Lipinski definition) is 2. The monoisotopic (exact) mass is 455 g/mol. The summed E-state index contributed by atoms with van der Waals surface area (Å²) >= 11 is 0. The third kappa shape index (κ3) is 5.82. The highest BCUT2D eigenvalue weighted by Crippen LogP contribution is 2.39. The number of hydrogen-bond donors (Lipinski definition) is 2. The lowest BCUT2D eigenvalue weighted by atomic mass is 9.68. The third-order valence-electron chi connectivity index (χ3n) is 6.22. The summed E-state index contributed by atoms with van der Waals surface area (Å²) < 4.78 is 0. The van der Waals surface area contributed by atoms with Gasteiger partial charge in [0.1, 0.15) is 11.5 Å². The summed E-state index contributed by atoms with van der Waals surface area (Å²) in [5.41, 5.74) is 1.19. The summed E-state index contributed by atoms with van der Waals surface area (Å²) in [6, 6.07) is 27.8. The molecule has 0 aliphatic carbocycles. The molecule has 34 heavy (non-hydrogen) atoms. The van der Waals surface area contributed by atoms with Crippen LogP contribution in [0, 0.1) is 0 Å². The summed E-state index contributed by atoms with van der Waals surface area (Å²) in [5.74, 6) is -1.35. The van der Waals surface area contributed by atoms with Crippen molar-refractivity contribution in [2.45, 2.75) is 50.0 Å². The molecule has 3 aromatic carbocycles. The second kappa shape index (κ2) is 12.5. The van der Waals surface area contributed by atoms with Crippen molar-refractivity contribution in [1.29, 1.82) is 0 Å². The molecular formula is C30H33NO3. The molecule has 4 heteroatoms. The second-order valence-electron chi connectivity index (χ2n) is 8.49. The maximum atomic E-state index is 14.2. The fraction of sp³-hybridized carbons (Fsp3) is 0.267. The molecule has 1 atom stereocenters. The van der Waals surface area contributed by atoms with Crippen LogP contribution in [0.1, 0.15) is 55.2 Å². The highest BCUT2D eigenvalue weighted by atomic mass is 16.4. The van der Waals surface area contributed by atoms with Gasteiger partial charge in [0.05, 0.1) is 0 Å². The van der Waals surface area contributed by atoms with E-state index in [2.05, 4.69) is 11.9 Å². The first kappa shape index (κ1) is 25.0. The first-order valence-electron chi connectivity index (χ1n) is 11.9. The van der Waals surface area contributed by atoms with E-state index in [0.29, 0.717) is 6.42 Å². The Morgan fingerprint density at radius 2 is 1.21 bits per heavy atom. The van der Waals surface area contributed by atoms with Crippen molar-refractivity contribution >= 4 is 11.9 Å². The number of aliphatic carboxylic acids is 1. The molecule has 3 rings (SSSR count). The van der Waals surface area contributed by atoms with Crippen molar-refractivity contribution in [2.24, 2.45) is 0 Å². The van der Waals surface area contributed by atoms with Gasteiger partial charge in [-0.25, -0.2) is 4.79 Å². The predicted molar refractivity (Wildman–Crippen MR) is 137 cm³/mol. The number of carboxylic acids is 1. The molecule has 0 bridgehead atoms. The van der Waals surface area contributed by atoms with Crippen molar-refractivity contribution in [3.63, 3.8) is 0 Å². The molecule has 176 valence electrons. The van der Waals surface area contributed by atoms with E-state index in [0.717, 1.165) is 48.8 Å². The number of amides is 1. The van der Waals surface area contributed by atoms with Crippen molar-refractivity contribution < 1.29 is 14.7 Å². The number of benzene rings is 3. The van der Waals surface area contributed by atoms with Crippen LogP contribution in [0.3, 0.4) is 0 Å². The lowest BCUT2D eigenvalue weighted by Gasteiger charge is -2.35. The van der Waals surface area contributed by atoms with Gasteiger partial charge in [-0.05, 0) is 36.0 Å². The largest absolute Gasteiger partial charge is 0.480 e. The van der Waals surface area contributed by atoms with E-state index < -0.39 is 17.4 Å². The summed E-state index contributed by atoms with van der Waals surface area (Å²) in [6.07, 6.45) is 6.99. The molecule has 0 heterocycles. The molecule has 0 saturated heterocycles. The number of rotatable bonds is 13. The number of nitrogens with one attached hydrogen (secondary N) is 1. The van der Waals surface area contributed by atoms with E-state index in [1.54, 1.807) is 0 Å². The van der Waals surface area contributed by atoms with Gasteiger partial charge in [-0.3, -0.25) is 4.79 Å². The molecular weight excluding hydrogens is 422 g/mol. The Balaban J connectivity index is 1.98. The van der Waals surface area contributed by atoms with Crippen LogP contribution in [0.2, 0.25) is 0 Å². The minimum absolute atomic E-state index is 0.338. The number of carbonyl (C=O) groups excluding carboxylic acids is 1. The van der Waals surface area contributed by atoms with Gasteiger partial charge in [-0.2, -0.15) is 0 Å². The second-order valence-corrected chi connectivity index (χ2v) is 8.49. The highest BCUT2D eigenvalue weighted by molar-refractivity contribution is 5.98. The highest BCUT2D eigenvalue weighted by Gasteiger charge is 2.44. The van der Waals surface area contributed by atoms with Crippen LogP contribution >= 0.6 is 0 Å². The van der Waals surface area contributed by atoms with Gasteiger partial charge in [0, 0.05) is 0 Å². The Hall–Kier alpha value is -3.66. The van der Waals surface area contributed by atoms with E-state index in [4.69, 9.17) is 0 Å². The molecule has 0 aliphatic heterocycles. The average molecular weight is 456 g/mol. The zero-order valence-electron chi connectivity index (χ0n) is 19.5. The molecule has 1 amide bonds. The van der Waals surface area contributed by atoms with Crippen LogP contribution in [0.4, 0.5) is 0 Å². The van der Waals surface area contributed by atoms with Gasteiger partial charge in [0.25, 0.3) is 0 Å². The number of carbonyl (C=O) groups is 2. The van der Waals surface area contributed by atoms with Gasteiger partial charge in [0.2, 0.25) is 5.91 Å². The number of allylic oxidation sites excluding steroid dienone is 1. The minimum atomic E-state index is -1.18. The molecule has 0 saturated carbocycles. The summed E-state index contributed by atoms with van der Waals surface area (Å²) in [5, 5.41) is 12.8. The predicted octanol–water partition coefficient (Wildman–Crippen LogP) is 6.12. The van der Waals surface area contributed by atoms with Crippen LogP contribution in [0.25, 0.3) is 0 Å². The summed E-state index contributed by atoms with van der Waals surface area (Å²) in [7, 11) is 0. The standard InChI is InChI=1S/C30H33NO3/c1-2-3-4-5-6-16-23-27(28(32)33)31-29(34)30(24-17-10-7-11-18-24,25-19-12-8-13-20-25)26-21-14-9-15-22-26/h2,7-15,17-22,27H,1,3-6,16,23H2,(H,31,34)(H,32,33)/t27-/m1/s1. The molecule has 0 aliphatic rings. The molecule has 2 N–H and O–H groups in total. The minimum Gasteiger partial charge on any atom is -0.480 e. The SMILES string of the molecule is C=CCCCCCC[C@@H](NC(=O)C(c1ccccc1)(c1ccccc1)c1ccccc1)C(=O)O. The Labute approximate surface area is 202 Å². The maximum Gasteiger partial charge on any atom is 0.326 e. The molecule has 0 unspecified atom stereocenters. The Bertz CT molecular complexity index is 952. The van der Waals surface area contributed by atoms with E-state index in [1.807, 2.05) is 97.1 Å². The lowest BCUT2D eigenvalue weighted by Crippen LogP contribution is -2.51. The van der Waals surface area contributed by atoms with Crippen molar-refractivity contribution in [2.75, 3.05) is 0 Å². The fourth-order valence-corrected chi connectivity index (χ4v) is 4.47. The quantitative estimate of drug-likeness (QED) is 0.185. The zero-order chi connectivity index (χ0) is 24.2. The van der Waals surface area contributed by atoms with E-state index in [1.165, 1.54) is 0 Å². The van der Waals surface area contributed by atoms with Gasteiger partial charge in [0.15, 0.2) is 0 Å². The fourth-order valence-electron chi connectivity index (χ4n) is 4.47. The first-order chi connectivity index (χ1) is 16.6. The third-order valence-corrected chi connectivity index (χ3v) is 6.22.